The van der Waals surface area contributed by atoms with Gasteiger partial charge < -0.3 is 14.8 Å². The highest BCUT2D eigenvalue weighted by molar-refractivity contribution is 7.13. The Balaban J connectivity index is 1.89. The summed E-state index contributed by atoms with van der Waals surface area (Å²) in [6.45, 7) is 0.394. The fourth-order valence-electron chi connectivity index (χ4n) is 2.17. The molecule has 0 radical (unpaired) electrons. The van der Waals surface area contributed by atoms with Crippen LogP contribution in [0.3, 0.4) is 0 Å². The third-order valence-electron chi connectivity index (χ3n) is 3.06. The van der Waals surface area contributed by atoms with Crippen molar-refractivity contribution in [1.82, 2.24) is 5.32 Å². The van der Waals surface area contributed by atoms with Gasteiger partial charge in [-0.1, -0.05) is 12.1 Å². The lowest BCUT2D eigenvalue weighted by Gasteiger charge is -2.26. The second kappa shape index (κ2) is 4.93. The first-order chi connectivity index (χ1) is 9.29. The van der Waals surface area contributed by atoms with Crippen LogP contribution in [0, 0.1) is 0 Å². The predicted octanol–water partition coefficient (Wildman–Crippen LogP) is 3.20. The zero-order valence-electron chi connectivity index (χ0n) is 10.4. The van der Waals surface area contributed by atoms with Gasteiger partial charge in [0.25, 0.3) is 0 Å². The van der Waals surface area contributed by atoms with Gasteiger partial charge in [-0.3, -0.25) is 0 Å². The summed E-state index contributed by atoms with van der Waals surface area (Å²) in [6.07, 6.45) is -0.616. The van der Waals surface area contributed by atoms with Crippen LogP contribution in [0.25, 0.3) is 10.4 Å². The lowest BCUT2D eigenvalue weighted by Crippen LogP contribution is -2.31. The topological polar surface area (TPSA) is 47.6 Å². The van der Waals surface area contributed by atoms with Gasteiger partial charge in [-0.25, -0.2) is 4.79 Å². The molecule has 19 heavy (non-hydrogen) atoms. The molecule has 0 spiro atoms. The highest BCUT2D eigenvalue weighted by Gasteiger charge is 2.27. The number of fused-ring (bicyclic) bond motifs is 3. The number of ether oxygens (including phenoxy) is 2. The van der Waals surface area contributed by atoms with E-state index in [-0.39, 0.29) is 6.10 Å². The van der Waals surface area contributed by atoms with Crippen molar-refractivity contribution in [3.8, 4) is 16.2 Å². The van der Waals surface area contributed by atoms with Crippen molar-refractivity contribution in [3.63, 3.8) is 0 Å². The fraction of sp³-hybridized carbons (Fsp3) is 0.214. The van der Waals surface area contributed by atoms with E-state index in [1.807, 2.05) is 29.6 Å². The molecule has 0 saturated carbocycles. The summed E-state index contributed by atoms with van der Waals surface area (Å²) in [5.41, 5.74) is 2.22. The molecule has 1 amide bonds. The van der Waals surface area contributed by atoms with Crippen LogP contribution in [0.15, 0.2) is 35.7 Å². The van der Waals surface area contributed by atoms with E-state index in [0.29, 0.717) is 6.54 Å². The minimum atomic E-state index is -0.445. The normalized spacial score (nSPS) is 15.9. The Kier molecular flexibility index (Phi) is 3.13. The average Bonchev–Trinajstić information content (AvgIpc) is 2.94. The Morgan fingerprint density at radius 2 is 2.26 bits per heavy atom. The highest BCUT2D eigenvalue weighted by atomic mass is 32.1. The van der Waals surface area contributed by atoms with Gasteiger partial charge >= 0.3 is 6.09 Å². The molecule has 1 atom stereocenters. The molecule has 1 aromatic carbocycles. The molecule has 1 N–H and O–H groups in total. The van der Waals surface area contributed by atoms with Crippen LogP contribution < -0.4 is 10.1 Å². The number of amides is 1. The van der Waals surface area contributed by atoms with E-state index < -0.39 is 6.09 Å². The summed E-state index contributed by atoms with van der Waals surface area (Å²) in [4.78, 5) is 12.4. The first kappa shape index (κ1) is 12.0. The first-order valence-corrected chi connectivity index (χ1v) is 6.83. The third kappa shape index (κ3) is 2.17. The van der Waals surface area contributed by atoms with Gasteiger partial charge in [-0.05, 0) is 23.6 Å². The molecule has 0 fully saturated rings. The zero-order valence-corrected chi connectivity index (χ0v) is 11.2. The standard InChI is InChI=1S/C14H13NO3S/c1-17-14(16)15-8-12-10-6-7-19-13(10)9-4-2-3-5-11(9)18-12/h2-7,12H,8H2,1H3,(H,15,16). The van der Waals surface area contributed by atoms with Gasteiger partial charge in [-0.15, -0.1) is 11.3 Å². The SMILES string of the molecule is COC(=O)NCC1Oc2ccccc2-c2sccc21. The molecule has 1 aromatic heterocycles. The Labute approximate surface area is 115 Å². The van der Waals surface area contributed by atoms with E-state index in [1.54, 1.807) is 11.3 Å². The van der Waals surface area contributed by atoms with Gasteiger partial charge in [-0.2, -0.15) is 0 Å². The molecule has 0 bridgehead atoms. The molecular weight excluding hydrogens is 262 g/mol. The maximum atomic E-state index is 11.2. The molecule has 3 rings (SSSR count). The van der Waals surface area contributed by atoms with Gasteiger partial charge in [0.15, 0.2) is 0 Å². The second-order valence-electron chi connectivity index (χ2n) is 4.18. The predicted molar refractivity (Wildman–Crippen MR) is 73.5 cm³/mol. The number of hydrogen-bond acceptors (Lipinski definition) is 4. The van der Waals surface area contributed by atoms with Crippen molar-refractivity contribution in [2.75, 3.05) is 13.7 Å². The average molecular weight is 275 g/mol. The largest absolute Gasteiger partial charge is 0.483 e. The van der Waals surface area contributed by atoms with Crippen molar-refractivity contribution < 1.29 is 14.3 Å². The van der Waals surface area contributed by atoms with Crippen LogP contribution in [0.2, 0.25) is 0 Å². The number of para-hydroxylation sites is 1. The quantitative estimate of drug-likeness (QED) is 0.915. The number of carbonyl (C=O) groups is 1. The van der Waals surface area contributed by atoms with Crippen LogP contribution in [-0.4, -0.2) is 19.7 Å². The minimum Gasteiger partial charge on any atom is -0.483 e. The van der Waals surface area contributed by atoms with E-state index in [0.717, 1.165) is 16.9 Å². The molecule has 1 aliphatic rings. The smallest absolute Gasteiger partial charge is 0.406 e. The fourth-order valence-corrected chi connectivity index (χ4v) is 3.15. The molecule has 1 aliphatic heterocycles. The third-order valence-corrected chi connectivity index (χ3v) is 4.02. The number of rotatable bonds is 2. The number of alkyl carbamates (subject to hydrolysis) is 1. The minimum absolute atomic E-state index is 0.171. The van der Waals surface area contributed by atoms with Crippen LogP contribution in [0.4, 0.5) is 4.79 Å². The molecule has 2 aromatic rings. The summed E-state index contributed by atoms with van der Waals surface area (Å²) >= 11 is 1.69. The number of nitrogens with one attached hydrogen (secondary N) is 1. The van der Waals surface area contributed by atoms with Crippen LogP contribution >= 0.6 is 11.3 Å². The Bertz CT molecular complexity index is 608. The molecular formula is C14H13NO3S. The zero-order chi connectivity index (χ0) is 13.2. The number of hydrogen-bond donors (Lipinski definition) is 1. The number of carbonyl (C=O) groups excluding carboxylic acids is 1. The number of methoxy groups -OCH3 is 1. The lowest BCUT2D eigenvalue weighted by atomic mass is 10.0. The monoisotopic (exact) mass is 275 g/mol. The van der Waals surface area contributed by atoms with Gasteiger partial charge in [0, 0.05) is 16.0 Å². The molecule has 4 nitrogen and oxygen atoms in total. The van der Waals surface area contributed by atoms with Gasteiger partial charge in [0.1, 0.15) is 11.9 Å². The van der Waals surface area contributed by atoms with Crippen molar-refractivity contribution in [1.29, 1.82) is 0 Å². The van der Waals surface area contributed by atoms with E-state index in [4.69, 9.17) is 4.74 Å². The maximum Gasteiger partial charge on any atom is 0.406 e. The van der Waals surface area contributed by atoms with E-state index in [2.05, 4.69) is 16.1 Å². The first-order valence-electron chi connectivity index (χ1n) is 5.95. The van der Waals surface area contributed by atoms with Crippen LogP contribution in [0.1, 0.15) is 11.7 Å². The highest BCUT2D eigenvalue weighted by Crippen LogP contribution is 2.44. The summed E-state index contributed by atoms with van der Waals surface area (Å²) in [5, 5.41) is 4.72. The molecule has 2 heterocycles. The molecule has 98 valence electrons. The Hall–Kier alpha value is -2.01. The van der Waals surface area contributed by atoms with Gasteiger partial charge in [0.2, 0.25) is 0 Å². The summed E-state index contributed by atoms with van der Waals surface area (Å²) in [7, 11) is 1.35. The number of benzene rings is 1. The van der Waals surface area contributed by atoms with Crippen LogP contribution in [0.5, 0.6) is 5.75 Å². The summed E-state index contributed by atoms with van der Waals surface area (Å²) in [6, 6.07) is 9.98. The Morgan fingerprint density at radius 3 is 3.11 bits per heavy atom. The maximum absolute atomic E-state index is 11.2. The van der Waals surface area contributed by atoms with E-state index in [9.17, 15) is 4.79 Å². The van der Waals surface area contributed by atoms with Crippen molar-refractivity contribution in [3.05, 3.63) is 41.3 Å². The molecule has 1 unspecified atom stereocenters. The Morgan fingerprint density at radius 1 is 1.42 bits per heavy atom. The van der Waals surface area contributed by atoms with Crippen molar-refractivity contribution in [2.45, 2.75) is 6.10 Å². The summed E-state index contributed by atoms with van der Waals surface area (Å²) in [5.74, 6) is 0.856. The molecule has 0 aliphatic carbocycles. The molecule has 5 heteroatoms. The van der Waals surface area contributed by atoms with Crippen molar-refractivity contribution in [2.24, 2.45) is 0 Å². The van der Waals surface area contributed by atoms with E-state index in [1.165, 1.54) is 12.0 Å². The summed E-state index contributed by atoms with van der Waals surface area (Å²) < 4.78 is 10.5. The molecule has 0 saturated heterocycles. The van der Waals surface area contributed by atoms with Crippen molar-refractivity contribution >= 4 is 17.4 Å². The van der Waals surface area contributed by atoms with E-state index >= 15 is 0 Å². The lowest BCUT2D eigenvalue weighted by molar-refractivity contribution is 0.156. The van der Waals surface area contributed by atoms with Crippen LogP contribution in [-0.2, 0) is 4.74 Å². The van der Waals surface area contributed by atoms with Gasteiger partial charge in [0.05, 0.1) is 13.7 Å². The number of thiophene rings is 1. The second-order valence-corrected chi connectivity index (χ2v) is 5.10.